The molecule has 2 amide bonds. The molecule has 0 radical (unpaired) electrons. The van der Waals surface area contributed by atoms with Crippen molar-refractivity contribution in [2.75, 3.05) is 49.5 Å². The molecule has 0 spiro atoms. The first-order valence-electron chi connectivity index (χ1n) is 18.6. The first kappa shape index (κ1) is 39.2. The van der Waals surface area contributed by atoms with Gasteiger partial charge in [-0.3, -0.25) is 19.3 Å². The van der Waals surface area contributed by atoms with E-state index in [1.807, 2.05) is 0 Å². The summed E-state index contributed by atoms with van der Waals surface area (Å²) < 4.78 is 63.7. The molecule has 0 aliphatic carbocycles. The molecule has 6 heterocycles. The number of aromatic nitrogens is 6. The Kier molecular flexibility index (Phi) is 10.3. The highest BCUT2D eigenvalue weighted by molar-refractivity contribution is 6.33. The lowest BCUT2D eigenvalue weighted by molar-refractivity contribution is -0.137. The molecule has 58 heavy (non-hydrogen) atoms. The van der Waals surface area contributed by atoms with Crippen LogP contribution in [-0.2, 0) is 35.2 Å². The minimum absolute atomic E-state index is 0.0192. The average molecular weight is 825 g/mol. The minimum Gasteiger partial charge on any atom is -0.504 e. The SMILES string of the molecule is CCc1c(N2CCN(C(=O)c3ncnc(C)c3O)CC2)c(=O)n2nc(-c3ccc(CN4C[C@H]5C[C@@H]4CO5)c(F)c3)nc2n1CC(=O)Nc1ccc(C(F)(F)F)cc1Cl. The number of amides is 2. The molecule has 20 heteroatoms. The van der Waals surface area contributed by atoms with Crippen molar-refractivity contribution in [3.8, 4) is 17.1 Å². The van der Waals surface area contributed by atoms with Crippen LogP contribution in [0.25, 0.3) is 17.2 Å². The van der Waals surface area contributed by atoms with Gasteiger partial charge in [-0.1, -0.05) is 30.7 Å². The van der Waals surface area contributed by atoms with E-state index in [1.54, 1.807) is 30.9 Å². The lowest BCUT2D eigenvalue weighted by Gasteiger charge is -2.36. The molecule has 8 rings (SSSR count). The van der Waals surface area contributed by atoms with Crippen molar-refractivity contribution in [1.82, 2.24) is 38.9 Å². The fourth-order valence-corrected chi connectivity index (χ4v) is 8.02. The van der Waals surface area contributed by atoms with Crippen molar-refractivity contribution in [2.45, 2.75) is 58.1 Å². The van der Waals surface area contributed by atoms with Gasteiger partial charge in [-0.05, 0) is 44.0 Å². The monoisotopic (exact) mass is 824 g/mol. The Hall–Kier alpha value is -5.66. The van der Waals surface area contributed by atoms with Gasteiger partial charge in [0, 0.05) is 56.4 Å². The van der Waals surface area contributed by atoms with Crippen LogP contribution < -0.4 is 15.8 Å². The number of aryl methyl sites for hydroxylation is 1. The molecule has 15 nitrogen and oxygen atoms in total. The number of morpholine rings is 1. The van der Waals surface area contributed by atoms with E-state index in [-0.39, 0.29) is 95.4 Å². The van der Waals surface area contributed by atoms with Crippen LogP contribution in [0.15, 0.2) is 47.5 Å². The van der Waals surface area contributed by atoms with E-state index in [2.05, 4.69) is 30.3 Å². The van der Waals surface area contributed by atoms with Crippen LogP contribution in [0.2, 0.25) is 5.02 Å². The predicted octanol–water partition coefficient (Wildman–Crippen LogP) is 4.31. The molecule has 304 valence electrons. The lowest BCUT2D eigenvalue weighted by atomic mass is 10.1. The molecular weight excluding hydrogens is 788 g/mol. The minimum atomic E-state index is -4.65. The fraction of sp³-hybridized carbons (Fsp3) is 0.395. The summed E-state index contributed by atoms with van der Waals surface area (Å²) in [7, 11) is 0. The number of ether oxygens (including phenoxy) is 1. The number of nitrogens with one attached hydrogen (secondary N) is 1. The number of anilines is 2. The Balaban J connectivity index is 1.13. The number of hydrogen-bond acceptors (Lipinski definition) is 11. The van der Waals surface area contributed by atoms with E-state index in [9.17, 15) is 32.7 Å². The van der Waals surface area contributed by atoms with Crippen LogP contribution in [0.5, 0.6) is 5.75 Å². The Labute approximate surface area is 332 Å². The number of piperazine rings is 1. The summed E-state index contributed by atoms with van der Waals surface area (Å²) in [5, 5.41) is 17.2. The van der Waals surface area contributed by atoms with Gasteiger partial charge >= 0.3 is 6.18 Å². The summed E-state index contributed by atoms with van der Waals surface area (Å²) >= 11 is 6.15. The maximum absolute atomic E-state index is 15.6. The second-order valence-electron chi connectivity index (χ2n) is 14.4. The predicted molar refractivity (Wildman–Crippen MR) is 202 cm³/mol. The highest BCUT2D eigenvalue weighted by Gasteiger charge is 2.39. The third kappa shape index (κ3) is 7.33. The van der Waals surface area contributed by atoms with E-state index in [4.69, 9.17) is 16.3 Å². The van der Waals surface area contributed by atoms with Crippen molar-refractivity contribution in [3.63, 3.8) is 0 Å². The molecule has 3 aliphatic rings. The largest absolute Gasteiger partial charge is 0.504 e. The average Bonchev–Trinajstić information content (AvgIpc) is 3.95. The number of hydrogen-bond donors (Lipinski definition) is 2. The fourth-order valence-electron chi connectivity index (χ4n) is 7.79. The molecule has 2 atom stereocenters. The zero-order chi connectivity index (χ0) is 41.0. The highest BCUT2D eigenvalue weighted by atomic mass is 35.5. The van der Waals surface area contributed by atoms with Gasteiger partial charge in [0.15, 0.2) is 17.3 Å². The number of carbonyl (C=O) groups is 2. The normalized spacial score (nSPS) is 18.4. The Morgan fingerprint density at radius 3 is 2.52 bits per heavy atom. The number of alkyl halides is 3. The van der Waals surface area contributed by atoms with Crippen LogP contribution in [-0.4, -0.2) is 107 Å². The molecule has 0 saturated carbocycles. The number of nitrogens with zero attached hydrogens (tertiary/aromatic N) is 9. The number of halogens is 5. The lowest BCUT2D eigenvalue weighted by Crippen LogP contribution is -2.51. The number of benzene rings is 2. The van der Waals surface area contributed by atoms with Crippen LogP contribution >= 0.6 is 11.6 Å². The molecule has 2 bridgehead atoms. The summed E-state index contributed by atoms with van der Waals surface area (Å²) in [5.41, 5.74) is -0.167. The van der Waals surface area contributed by atoms with Crippen molar-refractivity contribution in [3.05, 3.63) is 92.1 Å². The summed E-state index contributed by atoms with van der Waals surface area (Å²) in [6.07, 6.45) is -2.16. The van der Waals surface area contributed by atoms with Crippen LogP contribution in [0.1, 0.15) is 46.3 Å². The van der Waals surface area contributed by atoms with E-state index in [0.29, 0.717) is 30.5 Å². The maximum Gasteiger partial charge on any atom is 0.416 e. The molecule has 3 saturated heterocycles. The van der Waals surface area contributed by atoms with Gasteiger partial charge in [-0.2, -0.15) is 22.7 Å². The van der Waals surface area contributed by atoms with Crippen molar-refractivity contribution >= 4 is 40.6 Å². The van der Waals surface area contributed by atoms with E-state index >= 15 is 4.39 Å². The molecule has 2 aromatic carbocycles. The van der Waals surface area contributed by atoms with Crippen LogP contribution in [0.3, 0.4) is 0 Å². The topological polar surface area (TPSA) is 163 Å². The van der Waals surface area contributed by atoms with Gasteiger partial charge in [0.2, 0.25) is 11.7 Å². The Morgan fingerprint density at radius 1 is 1.09 bits per heavy atom. The molecule has 2 N–H and O–H groups in total. The quantitative estimate of drug-likeness (QED) is 0.204. The third-order valence-corrected chi connectivity index (χ3v) is 11.1. The van der Waals surface area contributed by atoms with Gasteiger partial charge < -0.3 is 29.5 Å². The molecule has 5 aromatic rings. The number of aromatic hydroxyl groups is 1. The number of rotatable bonds is 9. The summed E-state index contributed by atoms with van der Waals surface area (Å²) in [5.74, 6) is -2.01. The first-order chi connectivity index (χ1) is 27.7. The molecule has 3 fully saturated rings. The third-order valence-electron chi connectivity index (χ3n) is 10.8. The number of fused-ring (bicyclic) bond motifs is 3. The summed E-state index contributed by atoms with van der Waals surface area (Å²) in [4.78, 5) is 59.3. The van der Waals surface area contributed by atoms with E-state index in [0.717, 1.165) is 29.6 Å². The van der Waals surface area contributed by atoms with Gasteiger partial charge in [0.25, 0.3) is 11.5 Å². The molecule has 0 unspecified atom stereocenters. The summed E-state index contributed by atoms with van der Waals surface area (Å²) in [6, 6.07) is 7.42. The smallest absolute Gasteiger partial charge is 0.416 e. The van der Waals surface area contributed by atoms with Gasteiger partial charge in [0.05, 0.1) is 40.4 Å². The second-order valence-corrected chi connectivity index (χ2v) is 14.9. The standard InChI is InChI=1S/C38H37ClF4N10O5/c1-3-29-32(49-8-10-50(11-9-49)35(56)31-33(55)20(2)44-19-45-31)36(57)53-37(52(29)17-30(54)46-28-7-6-23(13-26(28)39)38(41,42)43)47-34(48-53)21-4-5-22(27(40)12-21)15-51-16-25-14-24(51)18-58-25/h4-7,12-13,19,24-25,55H,3,8-11,14-18H2,1-2H3,(H,46,54)/t24-,25-/m1/s1. The van der Waals surface area contributed by atoms with E-state index in [1.165, 1.54) is 21.9 Å². The Morgan fingerprint density at radius 2 is 1.86 bits per heavy atom. The zero-order valence-electron chi connectivity index (χ0n) is 31.3. The molecular formula is C38H37ClF4N10O5. The van der Waals surface area contributed by atoms with Gasteiger partial charge in [-0.15, -0.1) is 5.10 Å². The summed E-state index contributed by atoms with van der Waals surface area (Å²) in [6.45, 7) is 5.26. The van der Waals surface area contributed by atoms with Gasteiger partial charge in [0.1, 0.15) is 24.4 Å². The maximum atomic E-state index is 15.6. The Bertz CT molecular complexity index is 2500. The number of carbonyl (C=O) groups excluding carboxylic acids is 2. The molecule has 3 aromatic heterocycles. The zero-order valence-corrected chi connectivity index (χ0v) is 32.0. The van der Waals surface area contributed by atoms with E-state index < -0.39 is 41.5 Å². The van der Waals surface area contributed by atoms with Crippen molar-refractivity contribution in [1.29, 1.82) is 0 Å². The van der Waals surface area contributed by atoms with Crippen molar-refractivity contribution < 1.29 is 37.0 Å². The van der Waals surface area contributed by atoms with Crippen LogP contribution in [0, 0.1) is 12.7 Å². The first-order valence-corrected chi connectivity index (χ1v) is 19.0. The van der Waals surface area contributed by atoms with Crippen LogP contribution in [0.4, 0.5) is 28.9 Å². The highest BCUT2D eigenvalue weighted by Crippen LogP contribution is 2.34. The van der Waals surface area contributed by atoms with Gasteiger partial charge in [-0.25, -0.2) is 14.4 Å². The second kappa shape index (κ2) is 15.3. The van der Waals surface area contributed by atoms with Crippen molar-refractivity contribution in [2.24, 2.45) is 0 Å². The number of likely N-dealkylation sites (tertiary alicyclic amines) is 1. The molecule has 3 aliphatic heterocycles.